The number of hydrogen-bond donors (Lipinski definition) is 2. The van der Waals surface area contributed by atoms with Gasteiger partial charge in [-0.15, -0.1) is 12.4 Å². The second kappa shape index (κ2) is 9.34. The predicted octanol–water partition coefficient (Wildman–Crippen LogP) is 0.644. The summed E-state index contributed by atoms with van der Waals surface area (Å²) in [6, 6.07) is 0. The first kappa shape index (κ1) is 15.8. The van der Waals surface area contributed by atoms with Gasteiger partial charge in [-0.1, -0.05) is 0 Å². The van der Waals surface area contributed by atoms with E-state index in [1.54, 1.807) is 0 Å². The van der Waals surface area contributed by atoms with Crippen molar-refractivity contribution in [1.29, 1.82) is 0 Å². The molecule has 0 saturated heterocycles. The van der Waals surface area contributed by atoms with Crippen molar-refractivity contribution in [2.24, 2.45) is 0 Å². The molecule has 0 aromatic rings. The van der Waals surface area contributed by atoms with Crippen LogP contribution in [0, 0.1) is 41.7 Å². The molecule has 0 radical (unpaired) electrons. The molecule has 0 amide bonds. The van der Waals surface area contributed by atoms with E-state index in [1.165, 1.54) is 0 Å². The Morgan fingerprint density at radius 2 is 1.33 bits per heavy atom. The molecule has 2 N–H and O–H groups in total. The first-order valence-electron chi connectivity index (χ1n) is 0.651. The van der Waals surface area contributed by atoms with Gasteiger partial charge in [0.15, 0.2) is 0 Å². The molecule has 0 unspecified atom stereocenters. The summed E-state index contributed by atoms with van der Waals surface area (Å²) in [5, 5.41) is 13.9. The van der Waals surface area contributed by atoms with Gasteiger partial charge in [0.05, 0.1) is 0 Å². The topological polar surface area (TPSA) is 57.5 Å². The second-order valence-electron chi connectivity index (χ2n) is 0.283. The van der Waals surface area contributed by atoms with Crippen LogP contribution in [-0.4, -0.2) is 16.4 Å². The fourth-order valence-electron chi connectivity index (χ4n) is 0. The number of hydrogen-bond acceptors (Lipinski definition) is 1. The molecule has 6 heavy (non-hydrogen) atoms. The summed E-state index contributed by atoms with van der Waals surface area (Å²) in [7, 11) is 0. The zero-order valence-corrected chi connectivity index (χ0v) is 6.67. The first-order valence-corrected chi connectivity index (χ1v) is 0.651. The van der Waals surface area contributed by atoms with Crippen LogP contribution in [-0.2, 0) is 0 Å². The predicted molar refractivity (Wildman–Crippen MR) is 17.9 cm³/mol. The molecule has 5 heteroatoms. The van der Waals surface area contributed by atoms with Gasteiger partial charge in [0, 0.05) is 41.7 Å². The largest absolute Gasteiger partial charge is 0.503 e. The van der Waals surface area contributed by atoms with Crippen molar-refractivity contribution < 1.29 is 56.8 Å². The molecule has 0 heterocycles. The molecule has 0 aliphatic rings. The molecular formula is CH3CeClO3. The van der Waals surface area contributed by atoms with Gasteiger partial charge in [-0.2, -0.15) is 0 Å². The number of rotatable bonds is 0. The molecule has 0 bridgehead atoms. The Balaban J connectivity index is -0.0000000450. The van der Waals surface area contributed by atoms with E-state index in [0.29, 0.717) is 0 Å². The van der Waals surface area contributed by atoms with Crippen LogP contribution >= 0.6 is 12.4 Å². The smallest absolute Gasteiger partial charge is 0.450 e. The SMILES string of the molecule is Cl.O=C(O)O.[Ce]. The third-order valence-electron chi connectivity index (χ3n) is 0. The second-order valence-corrected chi connectivity index (χ2v) is 0.283. The van der Waals surface area contributed by atoms with Crippen molar-refractivity contribution in [1.82, 2.24) is 0 Å². The molecule has 0 spiro atoms. The fourth-order valence-corrected chi connectivity index (χ4v) is 0. The van der Waals surface area contributed by atoms with E-state index in [2.05, 4.69) is 0 Å². The molecule has 0 aliphatic heterocycles. The minimum atomic E-state index is -1.83. The molecule has 0 aromatic heterocycles. The van der Waals surface area contributed by atoms with E-state index < -0.39 is 6.16 Å². The molecule has 0 aliphatic carbocycles. The summed E-state index contributed by atoms with van der Waals surface area (Å²) in [5.41, 5.74) is 0. The quantitative estimate of drug-likeness (QED) is 0.651. The van der Waals surface area contributed by atoms with E-state index in [1.807, 2.05) is 0 Å². The maximum atomic E-state index is 8.56. The summed E-state index contributed by atoms with van der Waals surface area (Å²) in [5.74, 6) is 0. The third kappa shape index (κ3) is 87.2. The molecule has 0 rings (SSSR count). The van der Waals surface area contributed by atoms with Crippen LogP contribution < -0.4 is 0 Å². The minimum Gasteiger partial charge on any atom is -0.450 e. The summed E-state index contributed by atoms with van der Waals surface area (Å²) < 4.78 is 0. The molecule has 0 fully saturated rings. The van der Waals surface area contributed by atoms with E-state index >= 15 is 0 Å². The van der Waals surface area contributed by atoms with Gasteiger partial charge in [0.25, 0.3) is 0 Å². The molecule has 36 valence electrons. The normalized spacial score (nSPS) is 4.00. The molecule has 0 atom stereocenters. The van der Waals surface area contributed by atoms with Crippen LogP contribution in [0.4, 0.5) is 4.79 Å². The van der Waals surface area contributed by atoms with Crippen molar-refractivity contribution in [3.8, 4) is 0 Å². The van der Waals surface area contributed by atoms with Gasteiger partial charge in [-0.25, -0.2) is 4.79 Å². The van der Waals surface area contributed by atoms with Crippen molar-refractivity contribution >= 4 is 18.6 Å². The molecule has 0 saturated carbocycles. The summed E-state index contributed by atoms with van der Waals surface area (Å²) >= 11 is 0. The van der Waals surface area contributed by atoms with Gasteiger partial charge in [-0.05, 0) is 0 Å². The van der Waals surface area contributed by atoms with Crippen LogP contribution in [0.3, 0.4) is 0 Å². The average Bonchev–Trinajstić information content (AvgIpc) is 0.811. The minimum absolute atomic E-state index is 0. The molecule has 3 nitrogen and oxygen atoms in total. The van der Waals surface area contributed by atoms with E-state index in [9.17, 15) is 0 Å². The zero-order chi connectivity index (χ0) is 3.58. The van der Waals surface area contributed by atoms with Crippen LogP contribution in [0.5, 0.6) is 0 Å². The van der Waals surface area contributed by atoms with E-state index in [-0.39, 0.29) is 54.2 Å². The monoisotopic (exact) mass is 238 g/mol. The Morgan fingerprint density at radius 1 is 1.33 bits per heavy atom. The van der Waals surface area contributed by atoms with Crippen molar-refractivity contribution in [3.05, 3.63) is 0 Å². The van der Waals surface area contributed by atoms with Gasteiger partial charge in [0.1, 0.15) is 0 Å². The fraction of sp³-hybridized carbons (Fsp3) is 0. The Kier molecular flexibility index (Phi) is 24.5. The maximum Gasteiger partial charge on any atom is 0.503 e. The Labute approximate surface area is 74.5 Å². The summed E-state index contributed by atoms with van der Waals surface area (Å²) in [6.07, 6.45) is -1.83. The summed E-state index contributed by atoms with van der Waals surface area (Å²) in [4.78, 5) is 8.56. The molecular weight excluding hydrogens is 236 g/mol. The zero-order valence-electron chi connectivity index (χ0n) is 2.71. The van der Waals surface area contributed by atoms with Gasteiger partial charge in [0.2, 0.25) is 0 Å². The molecule has 0 aromatic carbocycles. The van der Waals surface area contributed by atoms with Crippen LogP contribution in [0.2, 0.25) is 0 Å². The summed E-state index contributed by atoms with van der Waals surface area (Å²) in [6.45, 7) is 0. The van der Waals surface area contributed by atoms with E-state index in [0.717, 1.165) is 0 Å². The van der Waals surface area contributed by atoms with Crippen molar-refractivity contribution in [2.45, 2.75) is 0 Å². The Bertz CT molecular complexity index is 33.8. The van der Waals surface area contributed by atoms with Crippen LogP contribution in [0.1, 0.15) is 0 Å². The van der Waals surface area contributed by atoms with Crippen molar-refractivity contribution in [2.75, 3.05) is 0 Å². The van der Waals surface area contributed by atoms with Gasteiger partial charge in [-0.3, -0.25) is 0 Å². The number of carboxylic acid groups (broad SMARTS) is 2. The van der Waals surface area contributed by atoms with Crippen LogP contribution in [0.15, 0.2) is 0 Å². The van der Waals surface area contributed by atoms with Gasteiger partial charge >= 0.3 is 6.16 Å². The first-order chi connectivity index (χ1) is 1.73. The Morgan fingerprint density at radius 3 is 1.33 bits per heavy atom. The number of halogens is 1. The third-order valence-corrected chi connectivity index (χ3v) is 0. The van der Waals surface area contributed by atoms with E-state index in [4.69, 9.17) is 15.0 Å². The van der Waals surface area contributed by atoms with Gasteiger partial charge < -0.3 is 10.2 Å². The maximum absolute atomic E-state index is 8.56. The average molecular weight is 239 g/mol. The Hall–Kier alpha value is 0.937. The standard InChI is InChI=1S/CH2O3.Ce.ClH/c2-1(3)4;;/h(H2,2,3,4);;1H. The van der Waals surface area contributed by atoms with Crippen LogP contribution in [0.25, 0.3) is 0 Å². The number of carbonyl (C=O) groups is 1. The van der Waals surface area contributed by atoms with Crippen molar-refractivity contribution in [3.63, 3.8) is 0 Å².